The van der Waals surface area contributed by atoms with Crippen LogP contribution in [0.1, 0.15) is 43.2 Å². The minimum atomic E-state index is 0.120. The van der Waals surface area contributed by atoms with Gasteiger partial charge in [0.2, 0.25) is 0 Å². The van der Waals surface area contributed by atoms with E-state index in [-0.39, 0.29) is 5.41 Å². The smallest absolute Gasteiger partial charge is 0.143 e. The zero-order chi connectivity index (χ0) is 34.0. The molecule has 8 aromatic rings. The van der Waals surface area contributed by atoms with Crippen molar-refractivity contribution >= 4 is 49.8 Å². The van der Waals surface area contributed by atoms with Crippen molar-refractivity contribution in [3.05, 3.63) is 163 Å². The molecule has 52 heavy (non-hydrogen) atoms. The average Bonchev–Trinajstić information content (AvgIpc) is 3.71. The predicted molar refractivity (Wildman–Crippen MR) is 215 cm³/mol. The Hall–Kier alpha value is -5.60. The Morgan fingerprint density at radius 2 is 1.12 bits per heavy atom. The summed E-state index contributed by atoms with van der Waals surface area (Å²) in [4.78, 5) is 2.51. The summed E-state index contributed by atoms with van der Waals surface area (Å²) in [5.74, 6) is 3.30. The fraction of sp³-hybridized carbons (Fsp3) is 0.200. The Morgan fingerprint density at radius 1 is 0.481 bits per heavy atom. The monoisotopic (exact) mass is 669 g/mol. The second-order valence-electron chi connectivity index (χ2n) is 16.1. The van der Waals surface area contributed by atoms with Crippen LogP contribution < -0.4 is 4.90 Å². The number of para-hydroxylation sites is 2. The van der Waals surface area contributed by atoms with Crippen LogP contribution in [0.5, 0.6) is 0 Å². The molecule has 2 nitrogen and oxygen atoms in total. The van der Waals surface area contributed by atoms with Crippen molar-refractivity contribution in [1.29, 1.82) is 0 Å². The summed E-state index contributed by atoms with van der Waals surface area (Å²) in [6.45, 7) is 0. The lowest BCUT2D eigenvalue weighted by Gasteiger charge is -2.61. The molecule has 0 amide bonds. The topological polar surface area (TPSA) is 16.4 Å². The van der Waals surface area contributed by atoms with Crippen LogP contribution in [0.25, 0.3) is 55.0 Å². The molecule has 0 saturated heterocycles. The molecule has 1 heterocycles. The van der Waals surface area contributed by atoms with Crippen LogP contribution in [0.4, 0.5) is 17.1 Å². The van der Waals surface area contributed by atoms with Crippen molar-refractivity contribution in [2.75, 3.05) is 4.90 Å². The second kappa shape index (κ2) is 10.7. The summed E-state index contributed by atoms with van der Waals surface area (Å²) in [6.07, 6.45) is 7.01. The molecule has 0 aliphatic heterocycles. The van der Waals surface area contributed by atoms with E-state index in [9.17, 15) is 0 Å². The SMILES string of the molecule is c1ccc2c(c1)-c1ccc(N(c3ccc(-c4cccc5c4oc4ccccc45)cc3)c3cccc4ccccc34)cc1C21C2CC3CC(C2)CC1C3. The van der Waals surface area contributed by atoms with E-state index < -0.39 is 0 Å². The Morgan fingerprint density at radius 3 is 1.96 bits per heavy atom. The van der Waals surface area contributed by atoms with Crippen LogP contribution in [-0.4, -0.2) is 0 Å². The number of hydrogen-bond acceptors (Lipinski definition) is 2. The maximum Gasteiger partial charge on any atom is 0.143 e. The number of benzene rings is 7. The highest BCUT2D eigenvalue weighted by molar-refractivity contribution is 6.09. The van der Waals surface area contributed by atoms with E-state index in [0.717, 1.165) is 62.4 Å². The first-order chi connectivity index (χ1) is 25.7. The quantitative estimate of drug-likeness (QED) is 0.185. The van der Waals surface area contributed by atoms with Crippen LogP contribution >= 0.6 is 0 Å². The summed E-state index contributed by atoms with van der Waals surface area (Å²) in [6, 6.07) is 56.5. The van der Waals surface area contributed by atoms with Crippen LogP contribution in [-0.2, 0) is 5.41 Å². The highest BCUT2D eigenvalue weighted by Crippen LogP contribution is 2.69. The molecule has 4 bridgehead atoms. The van der Waals surface area contributed by atoms with E-state index in [0.29, 0.717) is 0 Å². The van der Waals surface area contributed by atoms with E-state index >= 15 is 0 Å². The lowest BCUT2D eigenvalue weighted by molar-refractivity contribution is -0.0399. The van der Waals surface area contributed by atoms with Crippen LogP contribution in [0.15, 0.2) is 156 Å². The number of rotatable bonds is 4. The summed E-state index contributed by atoms with van der Waals surface area (Å²) >= 11 is 0. The second-order valence-corrected chi connectivity index (χ2v) is 16.1. The van der Waals surface area contributed by atoms with Gasteiger partial charge in [-0.1, -0.05) is 115 Å². The molecular weight excluding hydrogens is 631 g/mol. The summed E-state index contributed by atoms with van der Waals surface area (Å²) in [5.41, 5.74) is 14.0. The van der Waals surface area contributed by atoms with Gasteiger partial charge in [-0.2, -0.15) is 0 Å². The van der Waals surface area contributed by atoms with E-state index in [4.69, 9.17) is 4.42 Å². The number of furan rings is 1. The molecular formula is C50H39NO. The first kappa shape index (κ1) is 29.0. The maximum atomic E-state index is 6.46. The standard InChI is InChI=1S/C50H39NO/c1-2-11-39-33(9-1)10-7-17-47(39)51(37-21-19-34(20-22-37)40-14-8-15-44-43-13-4-6-18-48(43)52-49(40)44)38-23-24-42-41-12-3-5-16-45(41)50(46(42)30-38)35-26-31-25-32(28-35)29-36(50)27-31/h1-24,30-32,35-36H,25-29H2. The molecule has 5 aliphatic rings. The van der Waals surface area contributed by atoms with E-state index in [1.165, 1.54) is 65.4 Å². The van der Waals surface area contributed by atoms with Gasteiger partial charge < -0.3 is 9.32 Å². The van der Waals surface area contributed by atoms with Crippen molar-refractivity contribution in [3.63, 3.8) is 0 Å². The molecule has 1 aromatic heterocycles. The van der Waals surface area contributed by atoms with Gasteiger partial charge in [0.05, 0.1) is 5.69 Å². The zero-order valence-corrected chi connectivity index (χ0v) is 29.1. The molecule has 1 spiro atoms. The molecule has 13 rings (SSSR count). The number of fused-ring (bicyclic) bond motifs is 7. The molecule has 7 aromatic carbocycles. The Kier molecular flexibility index (Phi) is 5.98. The minimum Gasteiger partial charge on any atom is -0.455 e. The third-order valence-electron chi connectivity index (χ3n) is 13.6. The highest BCUT2D eigenvalue weighted by atomic mass is 16.3. The summed E-state index contributed by atoms with van der Waals surface area (Å²) in [5, 5.41) is 4.83. The molecule has 2 heteroatoms. The van der Waals surface area contributed by atoms with Gasteiger partial charge in [-0.05, 0) is 125 Å². The first-order valence-electron chi connectivity index (χ1n) is 19.3. The fourth-order valence-electron chi connectivity index (χ4n) is 11.9. The Balaban J connectivity index is 1.04. The molecule has 0 radical (unpaired) electrons. The van der Waals surface area contributed by atoms with Gasteiger partial charge in [-0.3, -0.25) is 0 Å². The van der Waals surface area contributed by atoms with Gasteiger partial charge in [0.1, 0.15) is 11.2 Å². The molecule has 4 fully saturated rings. The van der Waals surface area contributed by atoms with Crippen molar-refractivity contribution in [2.45, 2.75) is 37.5 Å². The molecule has 0 unspecified atom stereocenters. The largest absolute Gasteiger partial charge is 0.455 e. The average molecular weight is 670 g/mol. The van der Waals surface area contributed by atoms with Gasteiger partial charge in [0.25, 0.3) is 0 Å². The first-order valence-corrected chi connectivity index (χ1v) is 19.3. The molecule has 0 atom stereocenters. The van der Waals surface area contributed by atoms with Crippen molar-refractivity contribution < 1.29 is 4.42 Å². The fourth-order valence-corrected chi connectivity index (χ4v) is 11.9. The number of nitrogens with zero attached hydrogens (tertiary/aromatic N) is 1. The molecule has 4 saturated carbocycles. The molecule has 250 valence electrons. The Bertz CT molecular complexity index is 2680. The van der Waals surface area contributed by atoms with Gasteiger partial charge in [-0.15, -0.1) is 0 Å². The van der Waals surface area contributed by atoms with E-state index in [2.05, 4.69) is 150 Å². The Labute approximate surface area is 304 Å². The third-order valence-corrected chi connectivity index (χ3v) is 13.6. The van der Waals surface area contributed by atoms with Gasteiger partial charge in [-0.25, -0.2) is 0 Å². The van der Waals surface area contributed by atoms with E-state index in [1.807, 2.05) is 6.07 Å². The molecule has 5 aliphatic carbocycles. The van der Waals surface area contributed by atoms with E-state index in [1.54, 1.807) is 11.1 Å². The van der Waals surface area contributed by atoms with Crippen molar-refractivity contribution in [1.82, 2.24) is 0 Å². The van der Waals surface area contributed by atoms with Crippen molar-refractivity contribution in [2.24, 2.45) is 23.7 Å². The molecule has 0 N–H and O–H groups in total. The lowest BCUT2D eigenvalue weighted by atomic mass is 9.43. The normalized spacial score (nSPS) is 23.8. The minimum absolute atomic E-state index is 0.120. The van der Waals surface area contributed by atoms with Crippen LogP contribution in [0.3, 0.4) is 0 Å². The number of hydrogen-bond donors (Lipinski definition) is 0. The van der Waals surface area contributed by atoms with Crippen LogP contribution in [0, 0.1) is 23.7 Å². The maximum absolute atomic E-state index is 6.46. The van der Waals surface area contributed by atoms with Gasteiger partial charge in [0.15, 0.2) is 0 Å². The van der Waals surface area contributed by atoms with Gasteiger partial charge in [0, 0.05) is 38.5 Å². The highest BCUT2D eigenvalue weighted by Gasteiger charge is 2.61. The predicted octanol–water partition coefficient (Wildman–Crippen LogP) is 13.6. The third kappa shape index (κ3) is 3.90. The zero-order valence-electron chi connectivity index (χ0n) is 29.1. The summed E-state index contributed by atoms with van der Waals surface area (Å²) < 4.78 is 6.46. The number of anilines is 3. The van der Waals surface area contributed by atoms with Gasteiger partial charge >= 0.3 is 0 Å². The lowest BCUT2D eigenvalue weighted by Crippen LogP contribution is -2.55. The van der Waals surface area contributed by atoms with Crippen molar-refractivity contribution in [3.8, 4) is 22.3 Å². The van der Waals surface area contributed by atoms with Crippen LogP contribution in [0.2, 0.25) is 0 Å². The summed E-state index contributed by atoms with van der Waals surface area (Å²) in [7, 11) is 0.